The van der Waals surface area contributed by atoms with Gasteiger partial charge in [-0.3, -0.25) is 9.69 Å². The van der Waals surface area contributed by atoms with Crippen molar-refractivity contribution in [1.29, 1.82) is 0 Å². The molecule has 4 heterocycles. The molecule has 9 nitrogen and oxygen atoms in total. The van der Waals surface area contributed by atoms with E-state index in [1.54, 1.807) is 24.3 Å². The average molecular weight is 553 g/mol. The minimum absolute atomic E-state index is 0.00129. The van der Waals surface area contributed by atoms with Gasteiger partial charge in [0, 0.05) is 61.4 Å². The summed E-state index contributed by atoms with van der Waals surface area (Å²) >= 11 is 5.96. The Bertz CT molecular complexity index is 1380. The molecule has 0 saturated carbocycles. The predicted molar refractivity (Wildman–Crippen MR) is 148 cm³/mol. The highest BCUT2D eigenvalue weighted by Gasteiger charge is 2.35. The number of hydrogen-bond donors (Lipinski definition) is 3. The molecular formula is C28H30ClFN6O3. The lowest BCUT2D eigenvalue weighted by Crippen LogP contribution is -2.51. The number of aromatic nitrogens is 2. The average Bonchev–Trinajstić information content (AvgIpc) is 3.50. The highest BCUT2D eigenvalue weighted by molar-refractivity contribution is 6.31. The quantitative estimate of drug-likeness (QED) is 0.356. The maximum atomic E-state index is 13.7. The second-order valence-electron chi connectivity index (χ2n) is 10.1. The first-order valence-corrected chi connectivity index (χ1v) is 13.6. The molecule has 3 saturated heterocycles. The number of halogens is 2. The second-order valence-corrected chi connectivity index (χ2v) is 10.5. The number of nitrogens with zero attached hydrogens (tertiary/aromatic N) is 3. The molecule has 3 aliphatic heterocycles. The first-order chi connectivity index (χ1) is 19.0. The summed E-state index contributed by atoms with van der Waals surface area (Å²) in [4.78, 5) is 24.2. The molecule has 1 amide bonds. The molecule has 2 unspecified atom stereocenters. The number of amides is 1. The van der Waals surface area contributed by atoms with Gasteiger partial charge in [-0.1, -0.05) is 17.7 Å². The number of ether oxygens (including phenoxy) is 2. The third kappa shape index (κ3) is 5.84. The van der Waals surface area contributed by atoms with Gasteiger partial charge < -0.3 is 25.4 Å². The fourth-order valence-corrected chi connectivity index (χ4v) is 5.68. The van der Waals surface area contributed by atoms with Gasteiger partial charge in [-0.05, 0) is 37.1 Å². The van der Waals surface area contributed by atoms with Gasteiger partial charge in [-0.15, -0.1) is 0 Å². The molecule has 2 bridgehead atoms. The van der Waals surface area contributed by atoms with Crippen LogP contribution in [0.1, 0.15) is 19.3 Å². The van der Waals surface area contributed by atoms with E-state index in [0.717, 1.165) is 26.1 Å². The van der Waals surface area contributed by atoms with E-state index in [2.05, 4.69) is 30.8 Å². The summed E-state index contributed by atoms with van der Waals surface area (Å²) in [6.07, 6.45) is 7.98. The van der Waals surface area contributed by atoms with Gasteiger partial charge >= 0.3 is 0 Å². The minimum atomic E-state index is -0.505. The van der Waals surface area contributed by atoms with Crippen LogP contribution in [0.25, 0.3) is 10.9 Å². The molecule has 0 radical (unpaired) electrons. The first-order valence-electron chi connectivity index (χ1n) is 13.2. The molecule has 3 aliphatic rings. The van der Waals surface area contributed by atoms with Crippen LogP contribution in [0.4, 0.5) is 21.6 Å². The lowest BCUT2D eigenvalue weighted by Gasteiger charge is -2.34. The van der Waals surface area contributed by atoms with Crippen LogP contribution in [0, 0.1) is 5.82 Å². The van der Waals surface area contributed by atoms with Gasteiger partial charge in [0.2, 0.25) is 5.91 Å². The van der Waals surface area contributed by atoms with Crippen LogP contribution in [0.15, 0.2) is 48.8 Å². The molecule has 2 aromatic carbocycles. The summed E-state index contributed by atoms with van der Waals surface area (Å²) < 4.78 is 25.3. The van der Waals surface area contributed by atoms with E-state index in [1.165, 1.54) is 31.3 Å². The van der Waals surface area contributed by atoms with E-state index in [-0.39, 0.29) is 17.0 Å². The number of benzene rings is 2. The van der Waals surface area contributed by atoms with Gasteiger partial charge in [0.15, 0.2) is 0 Å². The van der Waals surface area contributed by atoms with Crippen molar-refractivity contribution in [1.82, 2.24) is 20.2 Å². The largest absolute Gasteiger partial charge is 0.486 e. The fourth-order valence-electron chi connectivity index (χ4n) is 5.50. The predicted octanol–water partition coefficient (Wildman–Crippen LogP) is 4.26. The van der Waals surface area contributed by atoms with Crippen LogP contribution >= 0.6 is 11.6 Å². The smallest absolute Gasteiger partial charge is 0.248 e. The van der Waals surface area contributed by atoms with Gasteiger partial charge in [-0.25, -0.2) is 14.4 Å². The summed E-state index contributed by atoms with van der Waals surface area (Å²) in [6, 6.07) is 8.99. The summed E-state index contributed by atoms with van der Waals surface area (Å²) in [6.45, 7) is 3.87. The Kier molecular flexibility index (Phi) is 7.60. The minimum Gasteiger partial charge on any atom is -0.486 e. The number of carbonyl (C=O) groups excluding carboxylic acids is 1. The van der Waals surface area contributed by atoms with Gasteiger partial charge in [0.25, 0.3) is 0 Å². The SMILES string of the molecule is O=C(/C=C/CN1C2CCC1CNC2)Nc1cc2c(Nc3ccc(F)c(Cl)c3)ncnc2cc1O[C@H]1CCOC1. The number of piperazine rings is 1. The normalized spacial score (nSPS) is 23.0. The second kappa shape index (κ2) is 11.4. The maximum absolute atomic E-state index is 13.7. The molecule has 11 heteroatoms. The van der Waals surface area contributed by atoms with Gasteiger partial charge in [0.05, 0.1) is 29.4 Å². The fraction of sp³-hybridized carbons (Fsp3) is 0.393. The lowest BCUT2D eigenvalue weighted by molar-refractivity contribution is -0.111. The molecule has 1 aromatic heterocycles. The standard InChI is InChI=1S/C28H30ClFN6O3/c29-22-10-17(3-6-23(22)30)34-28-21-11-25(26(12-24(21)32-16-33-28)39-20-7-9-38-15-20)35-27(37)2-1-8-36-18-4-5-19(36)14-31-13-18/h1-3,6,10-12,16,18-20,31H,4-5,7-9,13-15H2,(H,35,37)(H,32,33,34)/b2-1+/t18?,19?,20-/m0/s1. The highest BCUT2D eigenvalue weighted by atomic mass is 35.5. The van der Waals surface area contributed by atoms with Crippen molar-refractivity contribution in [2.45, 2.75) is 37.5 Å². The van der Waals surface area contributed by atoms with E-state index < -0.39 is 5.82 Å². The highest BCUT2D eigenvalue weighted by Crippen LogP contribution is 2.35. The molecule has 3 atom stereocenters. The molecule has 3 aromatic rings. The van der Waals surface area contributed by atoms with Crippen molar-refractivity contribution >= 4 is 45.6 Å². The molecule has 6 rings (SSSR count). The first kappa shape index (κ1) is 25.9. The topological polar surface area (TPSA) is 101 Å². The molecule has 3 N–H and O–H groups in total. The van der Waals surface area contributed by atoms with Crippen molar-refractivity contribution in [3.05, 3.63) is 59.7 Å². The van der Waals surface area contributed by atoms with Crippen molar-refractivity contribution in [3.63, 3.8) is 0 Å². The number of nitrogens with one attached hydrogen (secondary N) is 3. The number of hydrogen-bond acceptors (Lipinski definition) is 8. The maximum Gasteiger partial charge on any atom is 0.248 e. The molecular weight excluding hydrogens is 523 g/mol. The van der Waals surface area contributed by atoms with Crippen molar-refractivity contribution in [2.24, 2.45) is 0 Å². The molecule has 204 valence electrons. The van der Waals surface area contributed by atoms with Crippen LogP contribution in [-0.2, 0) is 9.53 Å². The number of carbonyl (C=O) groups is 1. The Morgan fingerprint density at radius 2 is 2.05 bits per heavy atom. The van der Waals surface area contributed by atoms with E-state index in [0.29, 0.717) is 59.1 Å². The van der Waals surface area contributed by atoms with Crippen LogP contribution in [0.3, 0.4) is 0 Å². The number of rotatable bonds is 8. The van der Waals surface area contributed by atoms with E-state index in [9.17, 15) is 9.18 Å². The van der Waals surface area contributed by atoms with Crippen LogP contribution in [0.2, 0.25) is 5.02 Å². The Labute approximate surface area is 230 Å². The third-order valence-electron chi connectivity index (χ3n) is 7.47. The summed E-state index contributed by atoms with van der Waals surface area (Å²) in [7, 11) is 0. The Morgan fingerprint density at radius 3 is 2.82 bits per heavy atom. The zero-order chi connectivity index (χ0) is 26.8. The molecule has 3 fully saturated rings. The Balaban J connectivity index is 1.25. The summed E-state index contributed by atoms with van der Waals surface area (Å²) in [5.41, 5.74) is 1.69. The van der Waals surface area contributed by atoms with Crippen molar-refractivity contribution in [3.8, 4) is 5.75 Å². The number of fused-ring (bicyclic) bond motifs is 3. The third-order valence-corrected chi connectivity index (χ3v) is 7.76. The van der Waals surface area contributed by atoms with Gasteiger partial charge in [-0.2, -0.15) is 0 Å². The summed E-state index contributed by atoms with van der Waals surface area (Å²) in [5.74, 6) is 0.240. The van der Waals surface area contributed by atoms with Crippen LogP contribution < -0.4 is 20.7 Å². The van der Waals surface area contributed by atoms with Crippen LogP contribution in [-0.4, -0.2) is 71.8 Å². The van der Waals surface area contributed by atoms with Crippen LogP contribution in [0.5, 0.6) is 5.75 Å². The zero-order valence-electron chi connectivity index (χ0n) is 21.3. The van der Waals surface area contributed by atoms with E-state index in [4.69, 9.17) is 21.1 Å². The molecule has 39 heavy (non-hydrogen) atoms. The van der Waals surface area contributed by atoms with E-state index in [1.807, 2.05) is 6.08 Å². The Morgan fingerprint density at radius 1 is 1.21 bits per heavy atom. The molecule has 0 spiro atoms. The lowest BCUT2D eigenvalue weighted by atomic mass is 10.1. The monoisotopic (exact) mass is 552 g/mol. The van der Waals surface area contributed by atoms with Gasteiger partial charge in [0.1, 0.15) is 29.8 Å². The number of anilines is 3. The molecule has 0 aliphatic carbocycles. The van der Waals surface area contributed by atoms with Crippen molar-refractivity contribution in [2.75, 3.05) is 43.5 Å². The van der Waals surface area contributed by atoms with E-state index >= 15 is 0 Å². The Hall–Kier alpha value is -3.31. The summed E-state index contributed by atoms with van der Waals surface area (Å²) in [5, 5.41) is 10.3. The zero-order valence-corrected chi connectivity index (χ0v) is 22.1. The van der Waals surface area contributed by atoms with Crippen molar-refractivity contribution < 1.29 is 18.7 Å².